The second-order valence-electron chi connectivity index (χ2n) is 7.07. The summed E-state index contributed by atoms with van der Waals surface area (Å²) in [5.74, 6) is 0.731. The predicted octanol–water partition coefficient (Wildman–Crippen LogP) is 3.36. The van der Waals surface area contributed by atoms with Crippen LogP contribution in [0.2, 0.25) is 0 Å². The minimum atomic E-state index is -0.464. The van der Waals surface area contributed by atoms with Crippen molar-refractivity contribution in [2.75, 3.05) is 27.2 Å². The summed E-state index contributed by atoms with van der Waals surface area (Å²) < 4.78 is 5.62. The third-order valence-corrected chi connectivity index (χ3v) is 4.00. The molecule has 1 rings (SSSR count). The lowest BCUT2D eigenvalue weighted by Gasteiger charge is -2.33. The number of hydrogen-bond acceptors (Lipinski definition) is 3. The fraction of sp³-hybridized carbons (Fsp3) is 0.882. The first-order valence-corrected chi connectivity index (χ1v) is 8.75. The fourth-order valence-corrected chi connectivity index (χ4v) is 2.89. The van der Waals surface area contributed by atoms with Crippen molar-refractivity contribution in [3.63, 3.8) is 0 Å². The molecule has 0 unspecified atom stereocenters. The van der Waals surface area contributed by atoms with E-state index in [-0.39, 0.29) is 36.1 Å². The first-order chi connectivity index (χ1) is 10.9. The van der Waals surface area contributed by atoms with Gasteiger partial charge in [0.25, 0.3) is 0 Å². The number of hydrogen-bond donors (Lipinski definition) is 2. The Kier molecular flexibility index (Phi) is 11.4. The van der Waals surface area contributed by atoms with Crippen LogP contribution < -0.4 is 10.6 Å². The van der Waals surface area contributed by atoms with Gasteiger partial charge in [0, 0.05) is 33.2 Å². The van der Waals surface area contributed by atoms with E-state index in [4.69, 9.17) is 4.74 Å². The summed E-state index contributed by atoms with van der Waals surface area (Å²) in [5.41, 5.74) is -0.464. The Labute approximate surface area is 164 Å². The molecule has 1 saturated carbocycles. The van der Waals surface area contributed by atoms with Crippen LogP contribution in [0, 0.1) is 0 Å². The average molecular weight is 454 g/mol. The Bertz CT molecular complexity index is 389. The molecule has 142 valence electrons. The summed E-state index contributed by atoms with van der Waals surface area (Å²) in [4.78, 5) is 18.6. The molecule has 0 saturated heterocycles. The van der Waals surface area contributed by atoms with Crippen LogP contribution in [0.4, 0.5) is 4.79 Å². The van der Waals surface area contributed by atoms with Crippen LogP contribution in [0.1, 0.15) is 59.3 Å². The van der Waals surface area contributed by atoms with Crippen LogP contribution in [0.3, 0.4) is 0 Å². The highest BCUT2D eigenvalue weighted by Gasteiger charge is 2.28. The third kappa shape index (κ3) is 8.94. The summed E-state index contributed by atoms with van der Waals surface area (Å²) >= 11 is 0. The lowest BCUT2D eigenvalue weighted by molar-refractivity contribution is 0.0149. The normalized spacial score (nSPS) is 16.6. The van der Waals surface area contributed by atoms with Gasteiger partial charge in [-0.05, 0) is 33.6 Å². The zero-order valence-electron chi connectivity index (χ0n) is 15.9. The van der Waals surface area contributed by atoms with Gasteiger partial charge in [-0.1, -0.05) is 25.7 Å². The van der Waals surface area contributed by atoms with E-state index in [1.54, 1.807) is 7.05 Å². The minimum Gasteiger partial charge on any atom is -0.444 e. The van der Waals surface area contributed by atoms with Gasteiger partial charge in [-0.3, -0.25) is 4.99 Å². The molecular formula is C17H35IN4O2. The lowest BCUT2D eigenvalue weighted by atomic mass is 10.1. The molecule has 1 fully saturated rings. The highest BCUT2D eigenvalue weighted by Crippen LogP contribution is 2.23. The molecule has 0 spiro atoms. The van der Waals surface area contributed by atoms with E-state index >= 15 is 0 Å². The van der Waals surface area contributed by atoms with Gasteiger partial charge in [-0.25, -0.2) is 4.79 Å². The van der Waals surface area contributed by atoms with E-state index in [1.807, 2.05) is 32.7 Å². The summed E-state index contributed by atoms with van der Waals surface area (Å²) in [6.45, 7) is 7.02. The Morgan fingerprint density at radius 3 is 2.25 bits per heavy atom. The molecule has 24 heavy (non-hydrogen) atoms. The molecule has 2 N–H and O–H groups in total. The third-order valence-electron chi connectivity index (χ3n) is 4.00. The van der Waals surface area contributed by atoms with Crippen molar-refractivity contribution in [1.29, 1.82) is 0 Å². The molecule has 0 aromatic heterocycles. The van der Waals surface area contributed by atoms with Crippen LogP contribution >= 0.6 is 24.0 Å². The zero-order valence-corrected chi connectivity index (χ0v) is 18.2. The van der Waals surface area contributed by atoms with Crippen molar-refractivity contribution in [2.24, 2.45) is 4.99 Å². The van der Waals surface area contributed by atoms with Crippen molar-refractivity contribution in [2.45, 2.75) is 70.9 Å². The van der Waals surface area contributed by atoms with E-state index in [0.717, 1.165) is 18.8 Å². The number of nitrogens with one attached hydrogen (secondary N) is 2. The molecule has 1 amide bonds. The van der Waals surface area contributed by atoms with E-state index in [9.17, 15) is 4.79 Å². The van der Waals surface area contributed by atoms with Gasteiger partial charge >= 0.3 is 6.09 Å². The Morgan fingerprint density at radius 1 is 1.21 bits per heavy atom. The monoisotopic (exact) mass is 454 g/mol. The number of rotatable bonds is 4. The van der Waals surface area contributed by atoms with E-state index < -0.39 is 5.60 Å². The van der Waals surface area contributed by atoms with Gasteiger partial charge in [0.05, 0.1) is 0 Å². The Hall–Kier alpha value is -0.730. The summed E-state index contributed by atoms with van der Waals surface area (Å²) in [6, 6.07) is 0.283. The second kappa shape index (κ2) is 11.8. The molecule has 0 aliphatic heterocycles. The van der Waals surface area contributed by atoms with E-state index in [0.29, 0.717) is 13.1 Å². The minimum absolute atomic E-state index is 0. The van der Waals surface area contributed by atoms with Crippen LogP contribution in [0.15, 0.2) is 4.99 Å². The van der Waals surface area contributed by atoms with Crippen molar-refractivity contribution >= 4 is 36.0 Å². The number of carbonyl (C=O) groups excluding carboxylic acids is 1. The predicted molar refractivity (Wildman–Crippen MR) is 110 cm³/mol. The highest BCUT2D eigenvalue weighted by atomic mass is 127. The SMILES string of the molecule is CN=C(NC)NCCN(C(=O)OC(C)(C)C)C1CCCCCC1.I. The van der Waals surface area contributed by atoms with E-state index in [2.05, 4.69) is 15.6 Å². The maximum Gasteiger partial charge on any atom is 0.410 e. The molecular weight excluding hydrogens is 419 g/mol. The molecule has 0 radical (unpaired) electrons. The number of carbonyl (C=O) groups is 1. The first kappa shape index (κ1) is 23.3. The van der Waals surface area contributed by atoms with Gasteiger partial charge in [0.1, 0.15) is 5.60 Å². The number of ether oxygens (including phenoxy) is 1. The maximum absolute atomic E-state index is 12.6. The molecule has 0 heterocycles. The van der Waals surface area contributed by atoms with Gasteiger partial charge in [-0.2, -0.15) is 0 Å². The first-order valence-electron chi connectivity index (χ1n) is 8.75. The van der Waals surface area contributed by atoms with Crippen LogP contribution in [0.5, 0.6) is 0 Å². The molecule has 7 heteroatoms. The smallest absolute Gasteiger partial charge is 0.410 e. The zero-order chi connectivity index (χ0) is 17.3. The van der Waals surface area contributed by atoms with Gasteiger partial charge < -0.3 is 20.3 Å². The fourth-order valence-electron chi connectivity index (χ4n) is 2.89. The maximum atomic E-state index is 12.6. The highest BCUT2D eigenvalue weighted by molar-refractivity contribution is 14.0. The molecule has 0 aromatic carbocycles. The van der Waals surface area contributed by atoms with Crippen LogP contribution in [0.25, 0.3) is 0 Å². The number of guanidine groups is 1. The van der Waals surface area contributed by atoms with Crippen LogP contribution in [-0.2, 0) is 4.74 Å². The Balaban J connectivity index is 0.00000529. The number of amides is 1. The molecule has 1 aliphatic rings. The van der Waals surface area contributed by atoms with Crippen molar-refractivity contribution in [3.05, 3.63) is 0 Å². The topological polar surface area (TPSA) is 66.0 Å². The molecule has 0 bridgehead atoms. The largest absolute Gasteiger partial charge is 0.444 e. The van der Waals surface area contributed by atoms with Crippen molar-refractivity contribution < 1.29 is 9.53 Å². The average Bonchev–Trinajstić information content (AvgIpc) is 2.74. The van der Waals surface area contributed by atoms with E-state index in [1.165, 1.54) is 25.7 Å². The van der Waals surface area contributed by atoms with Gasteiger partial charge in [0.2, 0.25) is 0 Å². The summed E-state index contributed by atoms with van der Waals surface area (Å²) in [5, 5.41) is 6.20. The van der Waals surface area contributed by atoms with Gasteiger partial charge in [0.15, 0.2) is 5.96 Å². The molecule has 0 aromatic rings. The van der Waals surface area contributed by atoms with Crippen molar-refractivity contribution in [1.82, 2.24) is 15.5 Å². The summed E-state index contributed by atoms with van der Waals surface area (Å²) in [6.07, 6.45) is 6.85. The van der Waals surface area contributed by atoms with Crippen molar-refractivity contribution in [3.8, 4) is 0 Å². The van der Waals surface area contributed by atoms with Crippen LogP contribution in [-0.4, -0.2) is 55.8 Å². The standard InChI is InChI=1S/C17H34N4O2.HI/c1-17(2,3)23-16(22)21(13-12-20-15(18-4)19-5)14-10-8-6-7-9-11-14;/h14H,6-13H2,1-5H3,(H2,18,19,20);1H. The van der Waals surface area contributed by atoms with Gasteiger partial charge in [-0.15, -0.1) is 24.0 Å². The molecule has 0 atom stereocenters. The number of aliphatic imine (C=N–C) groups is 1. The number of halogens is 1. The summed E-state index contributed by atoms with van der Waals surface area (Å²) in [7, 11) is 3.56. The quantitative estimate of drug-likeness (QED) is 0.296. The molecule has 1 aliphatic carbocycles. The lowest BCUT2D eigenvalue weighted by Crippen LogP contribution is -2.47. The second-order valence-corrected chi connectivity index (χ2v) is 7.07. The molecule has 6 nitrogen and oxygen atoms in total. The Morgan fingerprint density at radius 2 is 1.79 bits per heavy atom. The number of nitrogens with zero attached hydrogens (tertiary/aromatic N) is 2.